The van der Waals surface area contributed by atoms with Crippen LogP contribution in [0.4, 0.5) is 5.69 Å². The zero-order valence-corrected chi connectivity index (χ0v) is 20.2. The number of likely N-dealkylation sites (tertiary alicyclic amines) is 1. The molecular weight excluding hydrogens is 414 g/mol. The molecule has 2 unspecified atom stereocenters. The number of nitrogens with zero attached hydrogens (tertiary/aromatic N) is 2. The molecule has 1 aromatic carbocycles. The fourth-order valence-corrected chi connectivity index (χ4v) is 5.88. The first-order valence-electron chi connectivity index (χ1n) is 12.6. The zero-order chi connectivity index (χ0) is 23.5. The van der Waals surface area contributed by atoms with Crippen molar-refractivity contribution in [3.63, 3.8) is 0 Å². The molecule has 2 fully saturated rings. The summed E-state index contributed by atoms with van der Waals surface area (Å²) in [5.41, 5.74) is 2.53. The number of carbonyl (C=O) groups is 3. The molecule has 0 spiro atoms. The van der Waals surface area contributed by atoms with Gasteiger partial charge in [0.1, 0.15) is 5.70 Å². The molecule has 2 atom stereocenters. The summed E-state index contributed by atoms with van der Waals surface area (Å²) in [5.74, 6) is 0.541. The number of benzene rings is 1. The Morgan fingerprint density at radius 2 is 1.45 bits per heavy atom. The van der Waals surface area contributed by atoms with E-state index >= 15 is 0 Å². The maximum absolute atomic E-state index is 13.9. The first-order chi connectivity index (χ1) is 15.8. The fraction of sp³-hybridized carbons (Fsp3) is 0.593. The smallest absolute Gasteiger partial charge is 0.278 e. The molecule has 2 aliphatic heterocycles. The predicted octanol–water partition coefficient (Wildman–Crippen LogP) is 4.82. The molecule has 6 heteroatoms. The molecule has 1 saturated carbocycles. The van der Waals surface area contributed by atoms with E-state index in [1.165, 1.54) is 26.2 Å². The Hall–Kier alpha value is -2.63. The lowest BCUT2D eigenvalue weighted by molar-refractivity contribution is -0.141. The Labute approximate surface area is 197 Å². The number of nitrogens with one attached hydrogen (secondary N) is 1. The highest BCUT2D eigenvalue weighted by Gasteiger charge is 2.45. The van der Waals surface area contributed by atoms with Gasteiger partial charge >= 0.3 is 0 Å². The highest BCUT2D eigenvalue weighted by molar-refractivity contribution is 6.35. The van der Waals surface area contributed by atoms with Gasteiger partial charge in [0.15, 0.2) is 0 Å². The highest BCUT2D eigenvalue weighted by atomic mass is 16.2. The van der Waals surface area contributed by atoms with Gasteiger partial charge in [-0.3, -0.25) is 19.3 Å². The number of piperidine rings is 1. The van der Waals surface area contributed by atoms with Crippen LogP contribution in [-0.4, -0.2) is 46.7 Å². The summed E-state index contributed by atoms with van der Waals surface area (Å²) in [6.45, 7) is 7.51. The van der Waals surface area contributed by atoms with Crippen molar-refractivity contribution in [2.75, 3.05) is 18.4 Å². The van der Waals surface area contributed by atoms with E-state index in [9.17, 15) is 14.4 Å². The molecule has 0 bridgehead atoms. The SMILES string of the molecule is CC(=O)Nc1ccc(C2=C(N3CC(C)CC(C)C3)C(=O)N(C3CCCCCCC3)C2=O)cc1. The Morgan fingerprint density at radius 3 is 2.03 bits per heavy atom. The number of hydrogen-bond donors (Lipinski definition) is 1. The van der Waals surface area contributed by atoms with Crippen LogP contribution in [0.1, 0.15) is 77.7 Å². The molecule has 33 heavy (non-hydrogen) atoms. The lowest BCUT2D eigenvalue weighted by Gasteiger charge is -2.37. The van der Waals surface area contributed by atoms with Gasteiger partial charge in [-0.05, 0) is 48.8 Å². The average molecular weight is 452 g/mol. The average Bonchev–Trinajstić information content (AvgIpc) is 2.98. The number of amides is 3. The first kappa shape index (κ1) is 23.5. The molecule has 3 amide bonds. The van der Waals surface area contributed by atoms with Gasteiger partial charge in [-0.1, -0.05) is 58.1 Å². The van der Waals surface area contributed by atoms with Gasteiger partial charge in [0.05, 0.1) is 5.57 Å². The third-order valence-electron chi connectivity index (χ3n) is 7.21. The second-order valence-electron chi connectivity index (χ2n) is 10.3. The van der Waals surface area contributed by atoms with Crippen LogP contribution in [0.3, 0.4) is 0 Å². The molecule has 6 nitrogen and oxygen atoms in total. The van der Waals surface area contributed by atoms with Gasteiger partial charge in [0.25, 0.3) is 11.8 Å². The van der Waals surface area contributed by atoms with Crippen LogP contribution in [0.15, 0.2) is 30.0 Å². The maximum atomic E-state index is 13.9. The molecule has 1 aliphatic carbocycles. The van der Waals surface area contributed by atoms with E-state index in [0.717, 1.165) is 50.8 Å². The minimum Gasteiger partial charge on any atom is -0.366 e. The normalized spacial score (nSPS) is 25.3. The molecular formula is C27H37N3O3. The molecule has 178 valence electrons. The third kappa shape index (κ3) is 5.15. The van der Waals surface area contributed by atoms with Crippen LogP contribution in [0.5, 0.6) is 0 Å². The summed E-state index contributed by atoms with van der Waals surface area (Å²) in [7, 11) is 0. The summed E-state index contributed by atoms with van der Waals surface area (Å²) < 4.78 is 0. The van der Waals surface area contributed by atoms with Gasteiger partial charge in [0, 0.05) is 31.7 Å². The minimum atomic E-state index is -0.154. The van der Waals surface area contributed by atoms with E-state index in [-0.39, 0.29) is 23.8 Å². The standard InChI is InChI=1S/C27H37N3O3/c1-18-15-19(2)17-29(16-18)25-24(21-11-13-22(14-12-21)28-20(3)31)26(32)30(27(25)33)23-9-7-5-4-6-8-10-23/h11-14,18-19,23H,4-10,15-17H2,1-3H3,(H,28,31). The van der Waals surface area contributed by atoms with Crippen molar-refractivity contribution in [1.82, 2.24) is 9.80 Å². The van der Waals surface area contributed by atoms with Gasteiger partial charge < -0.3 is 10.2 Å². The van der Waals surface area contributed by atoms with Crippen molar-refractivity contribution < 1.29 is 14.4 Å². The third-order valence-corrected chi connectivity index (χ3v) is 7.21. The van der Waals surface area contributed by atoms with E-state index in [0.29, 0.717) is 28.8 Å². The molecule has 1 aromatic rings. The van der Waals surface area contributed by atoms with Gasteiger partial charge in [0.2, 0.25) is 5.91 Å². The predicted molar refractivity (Wildman–Crippen MR) is 130 cm³/mol. The lowest BCUT2D eigenvalue weighted by Crippen LogP contribution is -2.45. The quantitative estimate of drug-likeness (QED) is 0.667. The van der Waals surface area contributed by atoms with Crippen LogP contribution in [0, 0.1) is 11.8 Å². The van der Waals surface area contributed by atoms with Crippen LogP contribution in [0.2, 0.25) is 0 Å². The summed E-state index contributed by atoms with van der Waals surface area (Å²) in [6, 6.07) is 7.29. The number of carbonyl (C=O) groups excluding carboxylic acids is 3. The Kier molecular flexibility index (Phi) is 7.20. The van der Waals surface area contributed by atoms with Crippen LogP contribution >= 0.6 is 0 Å². The molecule has 1 saturated heterocycles. The van der Waals surface area contributed by atoms with Crippen molar-refractivity contribution in [2.24, 2.45) is 11.8 Å². The summed E-state index contributed by atoms with van der Waals surface area (Å²) in [6.07, 6.45) is 8.65. The molecule has 0 radical (unpaired) electrons. The van der Waals surface area contributed by atoms with Crippen molar-refractivity contribution >= 4 is 29.0 Å². The van der Waals surface area contributed by atoms with Crippen molar-refractivity contribution in [3.05, 3.63) is 35.5 Å². The molecule has 0 aromatic heterocycles. The van der Waals surface area contributed by atoms with Crippen molar-refractivity contribution in [3.8, 4) is 0 Å². The van der Waals surface area contributed by atoms with Crippen molar-refractivity contribution in [2.45, 2.75) is 78.2 Å². The highest BCUT2D eigenvalue weighted by Crippen LogP contribution is 2.38. The number of imide groups is 1. The fourth-order valence-electron chi connectivity index (χ4n) is 5.88. The van der Waals surface area contributed by atoms with E-state index in [2.05, 4.69) is 24.1 Å². The van der Waals surface area contributed by atoms with Gasteiger partial charge in [-0.15, -0.1) is 0 Å². The minimum absolute atomic E-state index is 0.0175. The monoisotopic (exact) mass is 451 g/mol. The molecule has 3 aliphatic rings. The maximum Gasteiger partial charge on any atom is 0.278 e. The zero-order valence-electron chi connectivity index (χ0n) is 20.2. The van der Waals surface area contributed by atoms with Crippen LogP contribution in [-0.2, 0) is 14.4 Å². The van der Waals surface area contributed by atoms with E-state index in [4.69, 9.17) is 0 Å². The van der Waals surface area contributed by atoms with Crippen molar-refractivity contribution in [1.29, 1.82) is 0 Å². The molecule has 4 rings (SSSR count). The van der Waals surface area contributed by atoms with E-state index in [1.807, 2.05) is 12.1 Å². The van der Waals surface area contributed by atoms with E-state index in [1.54, 1.807) is 17.0 Å². The Morgan fingerprint density at radius 1 is 0.879 bits per heavy atom. The Balaban J connectivity index is 1.71. The second kappa shape index (κ2) is 10.1. The van der Waals surface area contributed by atoms with Gasteiger partial charge in [-0.25, -0.2) is 0 Å². The molecule has 2 heterocycles. The lowest BCUT2D eigenvalue weighted by atomic mass is 9.91. The summed E-state index contributed by atoms with van der Waals surface area (Å²) in [4.78, 5) is 42.9. The first-order valence-corrected chi connectivity index (χ1v) is 12.6. The topological polar surface area (TPSA) is 69.7 Å². The summed E-state index contributed by atoms with van der Waals surface area (Å²) >= 11 is 0. The van der Waals surface area contributed by atoms with Crippen LogP contribution in [0.25, 0.3) is 5.57 Å². The molecule has 1 N–H and O–H groups in total. The van der Waals surface area contributed by atoms with Crippen LogP contribution < -0.4 is 5.32 Å². The van der Waals surface area contributed by atoms with Gasteiger partial charge in [-0.2, -0.15) is 0 Å². The number of anilines is 1. The summed E-state index contributed by atoms with van der Waals surface area (Å²) in [5, 5.41) is 2.77. The Bertz CT molecular complexity index is 918. The van der Waals surface area contributed by atoms with E-state index < -0.39 is 0 Å². The number of rotatable bonds is 4. The largest absolute Gasteiger partial charge is 0.366 e. The second-order valence-corrected chi connectivity index (χ2v) is 10.3. The number of hydrogen-bond acceptors (Lipinski definition) is 4.